The van der Waals surface area contributed by atoms with Crippen molar-refractivity contribution in [2.24, 2.45) is 11.8 Å². The molecular formula is C52H52F2N8O7. The van der Waals surface area contributed by atoms with Crippen molar-refractivity contribution < 1.29 is 42.2 Å². The maximum atomic E-state index is 16.7. The fraction of sp³-hybridized carbons (Fsp3) is 0.385. The molecule has 5 aliphatic rings. The van der Waals surface area contributed by atoms with Gasteiger partial charge in [0.25, 0.3) is 11.8 Å². The number of piperidine rings is 1. The lowest BCUT2D eigenvalue weighted by atomic mass is 9.90. The molecule has 15 nitrogen and oxygen atoms in total. The maximum Gasteiger partial charge on any atom is 0.407 e. The number of likely N-dealkylation sites (tertiary alicyclic amines) is 2. The summed E-state index contributed by atoms with van der Waals surface area (Å²) in [5.41, 5.74) is 5.18. The number of amides is 4. The number of carbonyl (C=O) groups excluding carboxylic acids is 4. The number of carbonyl (C=O) groups is 4. The number of hydrogen-bond donors (Lipinski definition) is 4. The predicted molar refractivity (Wildman–Crippen MR) is 250 cm³/mol. The lowest BCUT2D eigenvalue weighted by Gasteiger charge is -2.36. The van der Waals surface area contributed by atoms with Crippen LogP contribution in [0.4, 0.5) is 18.4 Å². The molecule has 1 saturated carbocycles. The molecule has 4 N–H and O–H groups in total. The first-order valence-electron chi connectivity index (χ1n) is 23.7. The second-order valence-corrected chi connectivity index (χ2v) is 18.8. The summed E-state index contributed by atoms with van der Waals surface area (Å²) in [5, 5.41) is 5.52. The summed E-state index contributed by atoms with van der Waals surface area (Å²) < 4.78 is 48.7. The number of alkyl halides is 2. The summed E-state index contributed by atoms with van der Waals surface area (Å²) in [7, 11) is 2.54. The standard InChI is InChI=1S/C52H52F2N8O7/c1-67-50(65)59-43(29-18-21-69-22-19-29)48(63)61-20-6-9-42(61)46-55-27-41(58-46)32-12-16-36-35-15-11-30(24-37(35)52(53,54)38(36)25-32)31-13-17-39-40(26-31)57-47(56-39)45-33-10-14-34(23-33)62(45)49(64)44(60-51(66)68-2)28-7-4-3-5-8-28/h3-5,7-8,11-13,15-17,24-27,29,33-34,42-45H,6,9-10,14,18-23H2,1-2H3,(H,55,58)(H,56,57)(H,59,65)(H,60,66)/t33-,34+,42-,43-,44+,45-/m0/s1. The largest absolute Gasteiger partial charge is 0.453 e. The normalized spacial score (nSPS) is 22.3. The summed E-state index contributed by atoms with van der Waals surface area (Å²) in [6, 6.07) is 22.5. The van der Waals surface area contributed by atoms with E-state index in [2.05, 4.69) is 25.6 Å². The van der Waals surface area contributed by atoms with Crippen molar-refractivity contribution in [3.05, 3.63) is 119 Å². The molecule has 3 saturated heterocycles. The van der Waals surface area contributed by atoms with Crippen molar-refractivity contribution in [3.8, 4) is 33.5 Å². The minimum absolute atomic E-state index is 0.00739. The van der Waals surface area contributed by atoms with E-state index >= 15 is 8.78 Å². The van der Waals surface area contributed by atoms with Gasteiger partial charge in [-0.2, -0.15) is 8.78 Å². The Morgan fingerprint density at radius 1 is 0.783 bits per heavy atom. The number of hydrogen-bond acceptors (Lipinski definition) is 9. The number of methoxy groups -OCH3 is 2. The van der Waals surface area contributed by atoms with Crippen LogP contribution in [0.25, 0.3) is 44.5 Å². The molecule has 0 spiro atoms. The van der Waals surface area contributed by atoms with E-state index < -0.39 is 30.2 Å². The van der Waals surface area contributed by atoms with Crippen LogP contribution in [0.3, 0.4) is 0 Å². The Kier molecular flexibility index (Phi) is 11.4. The van der Waals surface area contributed by atoms with Crippen LogP contribution in [0.5, 0.6) is 0 Å². The third kappa shape index (κ3) is 7.85. The zero-order chi connectivity index (χ0) is 47.6. The monoisotopic (exact) mass is 938 g/mol. The van der Waals surface area contributed by atoms with E-state index in [-0.39, 0.29) is 52.9 Å². The van der Waals surface area contributed by atoms with Crippen LogP contribution in [0, 0.1) is 11.8 Å². The van der Waals surface area contributed by atoms with Crippen LogP contribution < -0.4 is 10.6 Å². The molecule has 2 aliphatic carbocycles. The van der Waals surface area contributed by atoms with Crippen molar-refractivity contribution in [2.75, 3.05) is 34.0 Å². The number of nitrogens with one attached hydrogen (secondary N) is 4. The molecule has 5 heterocycles. The Labute approximate surface area is 396 Å². The number of nitrogens with zero attached hydrogens (tertiary/aromatic N) is 4. The Balaban J connectivity index is 0.830. The highest BCUT2D eigenvalue weighted by Gasteiger charge is 2.52. The number of fused-ring (bicyclic) bond motifs is 6. The second-order valence-electron chi connectivity index (χ2n) is 18.8. The van der Waals surface area contributed by atoms with Crippen molar-refractivity contribution in [1.82, 2.24) is 40.4 Å². The molecule has 17 heteroatoms. The number of imidazole rings is 2. The molecule has 0 unspecified atom stereocenters. The van der Waals surface area contributed by atoms with Gasteiger partial charge in [0.05, 0.1) is 49.2 Å². The van der Waals surface area contributed by atoms with Gasteiger partial charge in [0.2, 0.25) is 5.91 Å². The van der Waals surface area contributed by atoms with Crippen molar-refractivity contribution in [3.63, 3.8) is 0 Å². The van der Waals surface area contributed by atoms with Gasteiger partial charge in [-0.1, -0.05) is 60.7 Å². The zero-order valence-electron chi connectivity index (χ0n) is 38.2. The first kappa shape index (κ1) is 44.4. The molecule has 0 radical (unpaired) electrons. The first-order valence-corrected chi connectivity index (χ1v) is 23.7. The fourth-order valence-corrected chi connectivity index (χ4v) is 11.6. The molecule has 6 atom stereocenters. The molecule has 69 heavy (non-hydrogen) atoms. The number of aromatic nitrogens is 4. The van der Waals surface area contributed by atoms with Gasteiger partial charge in [0, 0.05) is 42.5 Å². The molecule has 4 fully saturated rings. The Hall–Kier alpha value is -7.14. The lowest BCUT2D eigenvalue weighted by molar-refractivity contribution is -0.138. The van der Waals surface area contributed by atoms with E-state index in [1.807, 2.05) is 59.5 Å². The number of H-pyrrole nitrogens is 2. The third-order valence-electron chi connectivity index (χ3n) is 15.0. The predicted octanol–water partition coefficient (Wildman–Crippen LogP) is 8.70. The van der Waals surface area contributed by atoms with Gasteiger partial charge >= 0.3 is 12.2 Å². The minimum atomic E-state index is -3.30. The highest BCUT2D eigenvalue weighted by Crippen LogP contribution is 2.54. The minimum Gasteiger partial charge on any atom is -0.453 e. The van der Waals surface area contributed by atoms with Crippen LogP contribution in [0.2, 0.25) is 0 Å². The SMILES string of the molecule is COC(=O)N[C@H](C(=O)N1CCC[C@H]1c1ncc(-c2ccc3c(c2)C(F)(F)c2cc(-c4ccc5nc([C@@H]6[C@H]7CC[C@H](C7)N6C(=O)[C@H](NC(=O)OC)c6ccccc6)[nH]c5c4)ccc2-3)[nH]1)C1CCOCC1. The van der Waals surface area contributed by atoms with E-state index in [0.29, 0.717) is 95.2 Å². The van der Waals surface area contributed by atoms with Gasteiger partial charge in [-0.15, -0.1) is 0 Å². The fourth-order valence-electron chi connectivity index (χ4n) is 11.6. The molecule has 6 aromatic rings. The van der Waals surface area contributed by atoms with Crippen LogP contribution in [0.1, 0.15) is 91.4 Å². The highest BCUT2D eigenvalue weighted by molar-refractivity contribution is 5.90. The molecule has 4 aromatic carbocycles. The lowest BCUT2D eigenvalue weighted by Crippen LogP contribution is -2.53. The van der Waals surface area contributed by atoms with E-state index in [9.17, 15) is 19.2 Å². The van der Waals surface area contributed by atoms with Crippen LogP contribution in [0.15, 0.2) is 91.1 Å². The second kappa shape index (κ2) is 17.7. The summed E-state index contributed by atoms with van der Waals surface area (Å²) in [6.07, 6.45) is 5.52. The van der Waals surface area contributed by atoms with Crippen molar-refractivity contribution in [2.45, 2.75) is 81.1 Å². The van der Waals surface area contributed by atoms with E-state index in [0.717, 1.165) is 31.2 Å². The van der Waals surface area contributed by atoms with Gasteiger partial charge in [-0.25, -0.2) is 19.6 Å². The summed E-state index contributed by atoms with van der Waals surface area (Å²) in [6.45, 7) is 1.49. The van der Waals surface area contributed by atoms with E-state index in [4.69, 9.17) is 19.2 Å². The van der Waals surface area contributed by atoms with Crippen molar-refractivity contribution >= 4 is 35.0 Å². The quantitative estimate of drug-likeness (QED) is 0.104. The average molecular weight is 939 g/mol. The van der Waals surface area contributed by atoms with Gasteiger partial charge in [-0.3, -0.25) is 9.59 Å². The molecule has 3 aliphatic heterocycles. The summed E-state index contributed by atoms with van der Waals surface area (Å²) >= 11 is 0. The smallest absolute Gasteiger partial charge is 0.407 e. The van der Waals surface area contributed by atoms with Gasteiger partial charge in [0.15, 0.2) is 0 Å². The zero-order valence-corrected chi connectivity index (χ0v) is 38.2. The first-order chi connectivity index (χ1) is 33.5. The topological polar surface area (TPSA) is 184 Å². The maximum absolute atomic E-state index is 16.7. The van der Waals surface area contributed by atoms with Gasteiger partial charge in [-0.05, 0) is 109 Å². The number of ether oxygens (including phenoxy) is 3. The Morgan fingerprint density at radius 2 is 1.48 bits per heavy atom. The molecule has 2 bridgehead atoms. The number of aromatic amines is 2. The number of halogens is 2. The van der Waals surface area contributed by atoms with Crippen LogP contribution >= 0.6 is 0 Å². The highest BCUT2D eigenvalue weighted by atomic mass is 19.3. The summed E-state index contributed by atoms with van der Waals surface area (Å²) in [4.78, 5) is 73.4. The third-order valence-corrected chi connectivity index (χ3v) is 15.0. The summed E-state index contributed by atoms with van der Waals surface area (Å²) in [5.74, 6) is -2.49. The van der Waals surface area contributed by atoms with Crippen LogP contribution in [-0.2, 0) is 29.7 Å². The number of benzene rings is 4. The van der Waals surface area contributed by atoms with Crippen molar-refractivity contribution in [1.29, 1.82) is 0 Å². The van der Waals surface area contributed by atoms with E-state index in [1.54, 1.807) is 35.4 Å². The molecule has 4 amide bonds. The van der Waals surface area contributed by atoms with Gasteiger partial charge in [0.1, 0.15) is 23.7 Å². The molecular weight excluding hydrogens is 887 g/mol. The Bertz CT molecular complexity index is 2970. The molecule has 11 rings (SSSR count). The molecule has 356 valence electrons. The molecule has 2 aromatic heterocycles. The average Bonchev–Trinajstić information content (AvgIpc) is 4.26. The van der Waals surface area contributed by atoms with Gasteiger partial charge < -0.3 is 44.6 Å². The van der Waals surface area contributed by atoms with E-state index in [1.165, 1.54) is 20.3 Å². The van der Waals surface area contributed by atoms with Crippen LogP contribution in [-0.4, -0.2) is 99.8 Å². The number of rotatable bonds is 10. The number of alkyl carbamates (subject to hydrolysis) is 2. The Morgan fingerprint density at radius 3 is 2.23 bits per heavy atom.